The molecule has 0 amide bonds. The highest BCUT2D eigenvalue weighted by Crippen LogP contribution is 2.41. The predicted molar refractivity (Wildman–Crippen MR) is 132 cm³/mol. The van der Waals surface area contributed by atoms with Gasteiger partial charge in [-0.25, -0.2) is 0 Å². The number of carbonyl (C=O) groups is 1. The number of benzene rings is 1. The number of rotatable bonds is 11. The van der Waals surface area contributed by atoms with Crippen molar-refractivity contribution in [1.29, 1.82) is 0 Å². The summed E-state index contributed by atoms with van der Waals surface area (Å²) in [5.74, 6) is 2.86. The fourth-order valence-electron chi connectivity index (χ4n) is 3.70. The molecule has 0 aliphatic carbocycles. The Morgan fingerprint density at radius 3 is 1.94 bits per heavy atom. The number of carbonyl (C=O) groups excluding carboxylic acids is 1. The van der Waals surface area contributed by atoms with E-state index in [0.717, 1.165) is 35.6 Å². The Bertz CT molecular complexity index is 689. The van der Waals surface area contributed by atoms with Gasteiger partial charge >= 0.3 is 5.97 Å². The second-order valence-electron chi connectivity index (χ2n) is 11.6. The first kappa shape index (κ1) is 27.5. The van der Waals surface area contributed by atoms with Gasteiger partial charge in [-0.2, -0.15) is 0 Å². The van der Waals surface area contributed by atoms with Crippen LogP contribution in [0.4, 0.5) is 0 Å². The largest absolute Gasteiger partial charge is 0.493 e. The summed E-state index contributed by atoms with van der Waals surface area (Å²) in [4.78, 5) is 12.3. The summed E-state index contributed by atoms with van der Waals surface area (Å²) in [7, 11) is 0. The first-order chi connectivity index (χ1) is 14.3. The number of esters is 1. The van der Waals surface area contributed by atoms with E-state index in [1.165, 1.54) is 19.3 Å². The third kappa shape index (κ3) is 9.66. The van der Waals surface area contributed by atoms with Gasteiger partial charge in [0.2, 0.25) is 0 Å². The first-order valence-corrected chi connectivity index (χ1v) is 12.3. The molecule has 0 aromatic heterocycles. The summed E-state index contributed by atoms with van der Waals surface area (Å²) < 4.78 is 12.2. The molecule has 31 heavy (non-hydrogen) atoms. The van der Waals surface area contributed by atoms with E-state index in [4.69, 9.17) is 9.47 Å². The molecule has 3 nitrogen and oxygen atoms in total. The van der Waals surface area contributed by atoms with Gasteiger partial charge in [0.25, 0.3) is 0 Å². The molecule has 0 saturated heterocycles. The average molecular weight is 433 g/mol. The molecule has 0 aliphatic rings. The molecule has 178 valence electrons. The van der Waals surface area contributed by atoms with Gasteiger partial charge in [0.1, 0.15) is 11.5 Å². The molecule has 1 aromatic rings. The van der Waals surface area contributed by atoms with E-state index in [1.807, 2.05) is 13.0 Å². The molecule has 0 N–H and O–H groups in total. The standard InChI is InChI=1S/C28H48O3/c1-11-13-26(29)31-25-19-22(27(5,6)7)24(18-23(25)28(8,9)10)30-17-16-21(4)15-12-14-20(2)3/h18-21H,11-17H2,1-10H3. The van der Waals surface area contributed by atoms with Crippen molar-refractivity contribution in [2.75, 3.05) is 6.61 Å². The van der Waals surface area contributed by atoms with Crippen LogP contribution in [0.2, 0.25) is 0 Å². The van der Waals surface area contributed by atoms with Crippen molar-refractivity contribution < 1.29 is 14.3 Å². The Kier molecular flexibility index (Phi) is 10.6. The van der Waals surface area contributed by atoms with Crippen LogP contribution in [0, 0.1) is 11.8 Å². The van der Waals surface area contributed by atoms with Gasteiger partial charge in [0, 0.05) is 17.5 Å². The van der Waals surface area contributed by atoms with E-state index in [2.05, 4.69) is 68.4 Å². The quantitative estimate of drug-likeness (QED) is 0.261. The van der Waals surface area contributed by atoms with Crippen molar-refractivity contribution in [1.82, 2.24) is 0 Å². The lowest BCUT2D eigenvalue weighted by Crippen LogP contribution is -2.20. The fraction of sp³-hybridized carbons (Fsp3) is 0.750. The molecule has 0 bridgehead atoms. The highest BCUT2D eigenvalue weighted by molar-refractivity contribution is 5.73. The Hall–Kier alpha value is -1.51. The molecular weight excluding hydrogens is 384 g/mol. The molecule has 1 unspecified atom stereocenters. The van der Waals surface area contributed by atoms with Gasteiger partial charge in [-0.1, -0.05) is 88.5 Å². The van der Waals surface area contributed by atoms with Crippen molar-refractivity contribution >= 4 is 5.97 Å². The van der Waals surface area contributed by atoms with Gasteiger partial charge in [0.15, 0.2) is 0 Å². The van der Waals surface area contributed by atoms with Crippen molar-refractivity contribution in [3.8, 4) is 11.5 Å². The van der Waals surface area contributed by atoms with Gasteiger partial charge in [-0.15, -0.1) is 0 Å². The maximum atomic E-state index is 12.3. The summed E-state index contributed by atoms with van der Waals surface area (Å²) in [6, 6.07) is 4.15. The highest BCUT2D eigenvalue weighted by Gasteiger charge is 2.27. The molecular formula is C28H48O3. The maximum Gasteiger partial charge on any atom is 0.311 e. The van der Waals surface area contributed by atoms with Gasteiger partial charge in [0.05, 0.1) is 6.61 Å². The van der Waals surface area contributed by atoms with E-state index in [-0.39, 0.29) is 16.8 Å². The normalized spacial score (nSPS) is 13.4. The zero-order chi connectivity index (χ0) is 23.8. The zero-order valence-electron chi connectivity index (χ0n) is 22.0. The molecule has 0 heterocycles. The van der Waals surface area contributed by atoms with Crippen LogP contribution >= 0.6 is 0 Å². The molecule has 0 spiro atoms. The van der Waals surface area contributed by atoms with E-state index in [9.17, 15) is 4.79 Å². The van der Waals surface area contributed by atoms with Crippen LogP contribution in [0.5, 0.6) is 11.5 Å². The van der Waals surface area contributed by atoms with Gasteiger partial charge in [-0.05, 0) is 47.6 Å². The summed E-state index contributed by atoms with van der Waals surface area (Å²) in [6.45, 7) is 22.6. The molecule has 1 rings (SSSR count). The van der Waals surface area contributed by atoms with E-state index in [0.29, 0.717) is 24.7 Å². The lowest BCUT2D eigenvalue weighted by molar-refractivity contribution is -0.134. The topological polar surface area (TPSA) is 35.5 Å². The van der Waals surface area contributed by atoms with Gasteiger partial charge in [-0.3, -0.25) is 4.79 Å². The van der Waals surface area contributed by atoms with E-state index >= 15 is 0 Å². The monoisotopic (exact) mass is 432 g/mol. The SMILES string of the molecule is CCCC(=O)Oc1cc(C(C)(C)C)c(OCCC(C)CCCC(C)C)cc1C(C)(C)C. The van der Waals surface area contributed by atoms with Crippen LogP contribution in [-0.4, -0.2) is 12.6 Å². The third-order valence-corrected chi connectivity index (χ3v) is 5.72. The number of ether oxygens (including phenoxy) is 2. The second kappa shape index (κ2) is 11.9. The summed E-state index contributed by atoms with van der Waals surface area (Å²) in [6.07, 6.45) is 6.12. The van der Waals surface area contributed by atoms with Crippen LogP contribution in [-0.2, 0) is 15.6 Å². The van der Waals surface area contributed by atoms with Crippen LogP contribution in [0.15, 0.2) is 12.1 Å². The first-order valence-electron chi connectivity index (χ1n) is 12.3. The Morgan fingerprint density at radius 2 is 1.42 bits per heavy atom. The van der Waals surface area contributed by atoms with Crippen LogP contribution in [0.3, 0.4) is 0 Å². The van der Waals surface area contributed by atoms with E-state index < -0.39 is 0 Å². The fourth-order valence-corrected chi connectivity index (χ4v) is 3.70. The smallest absolute Gasteiger partial charge is 0.311 e. The third-order valence-electron chi connectivity index (χ3n) is 5.72. The molecule has 1 atom stereocenters. The highest BCUT2D eigenvalue weighted by atomic mass is 16.5. The molecule has 0 aliphatic heterocycles. The minimum absolute atomic E-state index is 0.111. The lowest BCUT2D eigenvalue weighted by atomic mass is 9.81. The lowest BCUT2D eigenvalue weighted by Gasteiger charge is -2.29. The van der Waals surface area contributed by atoms with Crippen LogP contribution < -0.4 is 9.47 Å². The Balaban J connectivity index is 3.08. The number of hydrogen-bond acceptors (Lipinski definition) is 3. The van der Waals surface area contributed by atoms with Crippen molar-refractivity contribution in [2.24, 2.45) is 11.8 Å². The average Bonchev–Trinajstić information content (AvgIpc) is 2.60. The van der Waals surface area contributed by atoms with Crippen LogP contribution in [0.25, 0.3) is 0 Å². The van der Waals surface area contributed by atoms with Gasteiger partial charge < -0.3 is 9.47 Å². The van der Waals surface area contributed by atoms with Crippen LogP contribution in [0.1, 0.15) is 119 Å². The summed E-state index contributed by atoms with van der Waals surface area (Å²) >= 11 is 0. The van der Waals surface area contributed by atoms with E-state index in [1.54, 1.807) is 0 Å². The minimum Gasteiger partial charge on any atom is -0.493 e. The molecule has 0 saturated carbocycles. The molecule has 0 fully saturated rings. The van der Waals surface area contributed by atoms with Crippen molar-refractivity contribution in [3.63, 3.8) is 0 Å². The zero-order valence-corrected chi connectivity index (χ0v) is 22.0. The molecule has 3 heteroatoms. The van der Waals surface area contributed by atoms with Crippen molar-refractivity contribution in [3.05, 3.63) is 23.3 Å². The Labute approximate surface area is 192 Å². The maximum absolute atomic E-state index is 12.3. The summed E-state index contributed by atoms with van der Waals surface area (Å²) in [5.41, 5.74) is 1.85. The van der Waals surface area contributed by atoms with Crippen molar-refractivity contribution in [2.45, 2.75) is 119 Å². The summed E-state index contributed by atoms with van der Waals surface area (Å²) in [5, 5.41) is 0. The minimum atomic E-state index is -0.170. The molecule has 0 radical (unpaired) electrons. The second-order valence-corrected chi connectivity index (χ2v) is 11.6. The molecule has 1 aromatic carbocycles. The predicted octanol–water partition coefficient (Wildman–Crippen LogP) is 8.22. The number of hydrogen-bond donors (Lipinski definition) is 0. The Morgan fingerprint density at radius 1 is 0.871 bits per heavy atom.